The van der Waals surface area contributed by atoms with Crippen LogP contribution in [0.2, 0.25) is 0 Å². The number of ether oxygens (including phenoxy) is 2. The van der Waals surface area contributed by atoms with Crippen LogP contribution in [0.5, 0.6) is 11.5 Å². The van der Waals surface area contributed by atoms with Gasteiger partial charge in [-0.3, -0.25) is 0 Å². The summed E-state index contributed by atoms with van der Waals surface area (Å²) in [5.41, 5.74) is 0.647. The Kier molecular flexibility index (Phi) is 6.13. The fraction of sp³-hybridized carbons (Fsp3) is 0.571. The van der Waals surface area contributed by atoms with Gasteiger partial charge in [0, 0.05) is 12.1 Å². The lowest BCUT2D eigenvalue weighted by molar-refractivity contribution is -0.153. The van der Waals surface area contributed by atoms with Gasteiger partial charge in [0.25, 0.3) is 0 Å². The van der Waals surface area contributed by atoms with Crippen LogP contribution in [0.4, 0.5) is 13.2 Å². The van der Waals surface area contributed by atoms with E-state index in [-0.39, 0.29) is 5.75 Å². The summed E-state index contributed by atoms with van der Waals surface area (Å²) in [5.74, 6) is 1.27. The number of methoxy groups -OCH3 is 1. The maximum Gasteiger partial charge on any atom is 0.422 e. The molecule has 0 spiro atoms. The first kappa shape index (κ1) is 16.6. The summed E-state index contributed by atoms with van der Waals surface area (Å²) in [6, 6.07) is 4.76. The molecule has 1 N–H and O–H groups in total. The Hall–Kier alpha value is -1.43. The Morgan fingerprint density at radius 1 is 1.25 bits per heavy atom. The summed E-state index contributed by atoms with van der Waals surface area (Å²) in [4.78, 5) is 0. The molecular formula is C14H20F3NO2. The quantitative estimate of drug-likeness (QED) is 0.835. The molecule has 0 amide bonds. The summed E-state index contributed by atoms with van der Waals surface area (Å²) in [7, 11) is 1.51. The Bertz CT molecular complexity index is 419. The van der Waals surface area contributed by atoms with E-state index >= 15 is 0 Å². The number of benzene rings is 1. The predicted octanol–water partition coefficient (Wildman–Crippen LogP) is 3.38. The topological polar surface area (TPSA) is 30.5 Å². The molecule has 0 unspecified atom stereocenters. The van der Waals surface area contributed by atoms with Crippen molar-refractivity contribution in [2.45, 2.75) is 26.6 Å². The third kappa shape index (κ3) is 6.14. The number of hydrogen-bond acceptors (Lipinski definition) is 3. The van der Waals surface area contributed by atoms with Gasteiger partial charge >= 0.3 is 6.18 Å². The van der Waals surface area contributed by atoms with Crippen molar-refractivity contribution >= 4 is 0 Å². The zero-order valence-corrected chi connectivity index (χ0v) is 11.9. The number of halogens is 3. The van der Waals surface area contributed by atoms with E-state index < -0.39 is 12.8 Å². The third-order valence-corrected chi connectivity index (χ3v) is 2.53. The van der Waals surface area contributed by atoms with Crippen LogP contribution in [0, 0.1) is 5.92 Å². The van der Waals surface area contributed by atoms with Gasteiger partial charge in [-0.05, 0) is 30.7 Å². The molecule has 114 valence electrons. The molecule has 0 heterocycles. The molecule has 20 heavy (non-hydrogen) atoms. The molecule has 0 fully saturated rings. The van der Waals surface area contributed by atoms with Gasteiger partial charge in [0.05, 0.1) is 7.11 Å². The normalized spacial score (nSPS) is 11.8. The molecule has 0 saturated carbocycles. The van der Waals surface area contributed by atoms with Crippen LogP contribution in [0.15, 0.2) is 18.2 Å². The first-order valence-electron chi connectivity index (χ1n) is 6.39. The molecule has 0 radical (unpaired) electrons. The summed E-state index contributed by atoms with van der Waals surface area (Å²) in [6.45, 7) is 4.02. The van der Waals surface area contributed by atoms with Gasteiger partial charge in [-0.1, -0.05) is 13.8 Å². The second kappa shape index (κ2) is 7.38. The van der Waals surface area contributed by atoms with Gasteiger partial charge in [0.2, 0.25) is 0 Å². The molecule has 1 aromatic rings. The van der Waals surface area contributed by atoms with Gasteiger partial charge in [-0.2, -0.15) is 13.2 Å². The van der Waals surface area contributed by atoms with Crippen molar-refractivity contribution in [2.24, 2.45) is 5.92 Å². The van der Waals surface area contributed by atoms with E-state index in [0.717, 1.165) is 6.54 Å². The highest BCUT2D eigenvalue weighted by atomic mass is 19.4. The number of rotatable bonds is 7. The Labute approximate surface area is 117 Å². The van der Waals surface area contributed by atoms with Crippen LogP contribution >= 0.6 is 0 Å². The Morgan fingerprint density at radius 2 is 1.95 bits per heavy atom. The van der Waals surface area contributed by atoms with Crippen LogP contribution < -0.4 is 14.8 Å². The van der Waals surface area contributed by atoms with Crippen molar-refractivity contribution in [3.05, 3.63) is 23.8 Å². The van der Waals surface area contributed by atoms with E-state index in [2.05, 4.69) is 19.2 Å². The van der Waals surface area contributed by atoms with Crippen molar-refractivity contribution in [1.29, 1.82) is 0 Å². The predicted molar refractivity (Wildman–Crippen MR) is 71.1 cm³/mol. The molecule has 0 aromatic heterocycles. The van der Waals surface area contributed by atoms with Crippen LogP contribution in [0.25, 0.3) is 0 Å². The van der Waals surface area contributed by atoms with Crippen molar-refractivity contribution in [3.63, 3.8) is 0 Å². The molecule has 0 saturated heterocycles. The minimum absolute atomic E-state index is 0.222. The zero-order valence-electron chi connectivity index (χ0n) is 11.9. The molecular weight excluding hydrogens is 271 g/mol. The molecule has 0 atom stereocenters. The standard InChI is InChI=1S/C14H20F3NO2/c1-10(2)7-18-8-11-6-12(19-3)4-5-13(11)20-9-14(15,16)17/h4-6,10,18H,7-9H2,1-3H3. The fourth-order valence-corrected chi connectivity index (χ4v) is 1.62. The van der Waals surface area contributed by atoms with Crippen LogP contribution in [0.3, 0.4) is 0 Å². The zero-order chi connectivity index (χ0) is 15.2. The monoisotopic (exact) mass is 291 g/mol. The first-order chi connectivity index (χ1) is 9.31. The molecule has 0 aliphatic rings. The summed E-state index contributed by atoms with van der Waals surface area (Å²) in [5, 5.41) is 3.17. The van der Waals surface area contributed by atoms with Crippen molar-refractivity contribution < 1.29 is 22.6 Å². The van der Waals surface area contributed by atoms with Crippen LogP contribution in [-0.2, 0) is 6.54 Å². The lowest BCUT2D eigenvalue weighted by Gasteiger charge is -2.15. The van der Waals surface area contributed by atoms with E-state index in [1.807, 2.05) is 0 Å². The average Bonchev–Trinajstić information content (AvgIpc) is 2.35. The lowest BCUT2D eigenvalue weighted by atomic mass is 10.1. The van der Waals surface area contributed by atoms with Gasteiger partial charge in [-0.25, -0.2) is 0 Å². The van der Waals surface area contributed by atoms with Gasteiger partial charge in [-0.15, -0.1) is 0 Å². The first-order valence-corrected chi connectivity index (χ1v) is 6.39. The average molecular weight is 291 g/mol. The number of nitrogens with one attached hydrogen (secondary N) is 1. The van der Waals surface area contributed by atoms with Crippen LogP contribution in [-0.4, -0.2) is 26.4 Å². The molecule has 0 aliphatic carbocycles. The van der Waals surface area contributed by atoms with Crippen molar-refractivity contribution in [2.75, 3.05) is 20.3 Å². The van der Waals surface area contributed by atoms with Crippen molar-refractivity contribution in [3.8, 4) is 11.5 Å². The van der Waals surface area contributed by atoms with E-state index in [4.69, 9.17) is 9.47 Å². The lowest BCUT2D eigenvalue weighted by Crippen LogP contribution is -2.22. The highest BCUT2D eigenvalue weighted by Crippen LogP contribution is 2.26. The minimum Gasteiger partial charge on any atom is -0.497 e. The largest absolute Gasteiger partial charge is 0.497 e. The highest BCUT2D eigenvalue weighted by molar-refractivity contribution is 5.40. The van der Waals surface area contributed by atoms with Crippen molar-refractivity contribution in [1.82, 2.24) is 5.32 Å². The molecule has 1 aromatic carbocycles. The van der Waals surface area contributed by atoms with E-state index in [0.29, 0.717) is 23.8 Å². The number of alkyl halides is 3. The van der Waals surface area contributed by atoms with E-state index in [1.165, 1.54) is 13.2 Å². The van der Waals surface area contributed by atoms with Gasteiger partial charge in [0.15, 0.2) is 6.61 Å². The fourth-order valence-electron chi connectivity index (χ4n) is 1.62. The minimum atomic E-state index is -4.34. The second-order valence-electron chi connectivity index (χ2n) is 4.90. The Balaban J connectivity index is 2.75. The smallest absolute Gasteiger partial charge is 0.422 e. The maximum absolute atomic E-state index is 12.2. The van der Waals surface area contributed by atoms with Gasteiger partial charge in [0.1, 0.15) is 11.5 Å². The van der Waals surface area contributed by atoms with Gasteiger partial charge < -0.3 is 14.8 Å². The van der Waals surface area contributed by atoms with E-state index in [1.54, 1.807) is 12.1 Å². The summed E-state index contributed by atoms with van der Waals surface area (Å²) in [6.07, 6.45) is -4.34. The third-order valence-electron chi connectivity index (χ3n) is 2.53. The molecule has 6 heteroatoms. The van der Waals surface area contributed by atoms with Crippen LogP contribution in [0.1, 0.15) is 19.4 Å². The van der Waals surface area contributed by atoms with E-state index in [9.17, 15) is 13.2 Å². The second-order valence-corrected chi connectivity index (χ2v) is 4.90. The number of hydrogen-bond donors (Lipinski definition) is 1. The Morgan fingerprint density at radius 3 is 2.50 bits per heavy atom. The summed E-state index contributed by atoms with van der Waals surface area (Å²) < 4.78 is 46.5. The molecule has 0 bridgehead atoms. The molecule has 3 nitrogen and oxygen atoms in total. The summed E-state index contributed by atoms with van der Waals surface area (Å²) >= 11 is 0. The highest BCUT2D eigenvalue weighted by Gasteiger charge is 2.28. The maximum atomic E-state index is 12.2. The molecule has 1 rings (SSSR count). The SMILES string of the molecule is COc1ccc(OCC(F)(F)F)c(CNCC(C)C)c1. The molecule has 0 aliphatic heterocycles.